The van der Waals surface area contributed by atoms with Gasteiger partial charge in [0.1, 0.15) is 5.82 Å². The Balaban J connectivity index is 2.13. The topological polar surface area (TPSA) is 104 Å². The van der Waals surface area contributed by atoms with Gasteiger partial charge in [0.25, 0.3) is 5.69 Å². The molecule has 0 bridgehead atoms. The van der Waals surface area contributed by atoms with Crippen molar-refractivity contribution in [3.63, 3.8) is 0 Å². The quantitative estimate of drug-likeness (QED) is 0.517. The van der Waals surface area contributed by atoms with Crippen LogP contribution in [-0.4, -0.2) is 30.0 Å². The number of H-pyrrole nitrogens is 2. The summed E-state index contributed by atoms with van der Waals surface area (Å²) in [7, 11) is 0. The largest absolute Gasteiger partial charge is 0.270 e. The fourth-order valence-electron chi connectivity index (χ4n) is 2.65. The lowest BCUT2D eigenvalue weighted by atomic mass is 9.91. The fourth-order valence-corrected chi connectivity index (χ4v) is 2.65. The Hall–Kier alpha value is -3.02. The minimum absolute atomic E-state index is 0.221. The summed E-state index contributed by atoms with van der Waals surface area (Å²) in [4.78, 5) is 3.60. The first-order valence-electron chi connectivity index (χ1n) is 8.36. The molecule has 0 saturated carbocycles. The summed E-state index contributed by atoms with van der Waals surface area (Å²) >= 11 is 0. The lowest BCUT2D eigenvalue weighted by molar-refractivity contribution is 0.561. The highest BCUT2D eigenvalue weighted by atomic mass is 15.4. The zero-order chi connectivity index (χ0) is 19.3. The lowest BCUT2D eigenvalue weighted by Gasteiger charge is -2.15. The molecule has 3 heterocycles. The number of nitrogens with one attached hydrogen (secondary N) is 2. The first kappa shape index (κ1) is 17.8. The van der Waals surface area contributed by atoms with Gasteiger partial charge in [0.05, 0.1) is 18.0 Å². The molecule has 0 aromatic carbocycles. The molecule has 0 atom stereocenters. The maximum absolute atomic E-state index is 7.48. The molecule has 0 aliphatic rings. The summed E-state index contributed by atoms with van der Waals surface area (Å²) in [5.41, 5.74) is 2.68. The Kier molecular flexibility index (Phi) is 3.94. The SMILES string of the molecule is [C-]#[N+]c1c(C(C)(C)C)n[nH]c1/N=N/c1c(C(C)(C)C)nn2c(C)n[nH]c12. The molecular weight excluding hydrogens is 330 g/mol. The minimum atomic E-state index is -0.258. The number of nitrogens with zero attached hydrogens (tertiary/aromatic N) is 7. The predicted octanol–water partition coefficient (Wildman–Crippen LogP) is 4.65. The van der Waals surface area contributed by atoms with Gasteiger partial charge in [-0.05, 0) is 12.3 Å². The average Bonchev–Trinajstić information content (AvgIpc) is 3.18. The molecule has 0 unspecified atom stereocenters. The van der Waals surface area contributed by atoms with Crippen LogP contribution in [-0.2, 0) is 10.8 Å². The van der Waals surface area contributed by atoms with Gasteiger partial charge in [0.2, 0.25) is 0 Å². The number of azo groups is 1. The third-order valence-corrected chi connectivity index (χ3v) is 4.00. The molecule has 136 valence electrons. The zero-order valence-electron chi connectivity index (χ0n) is 16.1. The Morgan fingerprint density at radius 3 is 2.19 bits per heavy atom. The molecule has 26 heavy (non-hydrogen) atoms. The van der Waals surface area contributed by atoms with Gasteiger partial charge < -0.3 is 0 Å². The van der Waals surface area contributed by atoms with E-state index in [0.717, 1.165) is 11.5 Å². The second-order valence-electron chi connectivity index (χ2n) is 8.31. The highest BCUT2D eigenvalue weighted by molar-refractivity contribution is 5.70. The van der Waals surface area contributed by atoms with Crippen LogP contribution >= 0.6 is 0 Å². The van der Waals surface area contributed by atoms with Crippen LogP contribution in [0, 0.1) is 13.5 Å². The first-order chi connectivity index (χ1) is 12.0. The summed E-state index contributed by atoms with van der Waals surface area (Å²) in [5, 5.41) is 27.5. The maximum atomic E-state index is 7.48. The summed E-state index contributed by atoms with van der Waals surface area (Å²) in [6.45, 7) is 21.6. The Bertz CT molecular complexity index is 1030. The van der Waals surface area contributed by atoms with E-state index in [0.29, 0.717) is 28.5 Å². The van der Waals surface area contributed by atoms with Crippen molar-refractivity contribution < 1.29 is 0 Å². The summed E-state index contributed by atoms with van der Waals surface area (Å²) < 4.78 is 1.72. The van der Waals surface area contributed by atoms with Crippen molar-refractivity contribution in [3.05, 3.63) is 28.6 Å². The number of fused-ring (bicyclic) bond motifs is 1. The van der Waals surface area contributed by atoms with Gasteiger partial charge in [0.15, 0.2) is 17.2 Å². The molecule has 0 aliphatic heterocycles. The predicted molar refractivity (Wildman–Crippen MR) is 98.5 cm³/mol. The van der Waals surface area contributed by atoms with Gasteiger partial charge in [-0.25, -0.2) is 4.85 Å². The van der Waals surface area contributed by atoms with Crippen LogP contribution in [0.3, 0.4) is 0 Å². The van der Waals surface area contributed by atoms with Crippen LogP contribution in [0.2, 0.25) is 0 Å². The van der Waals surface area contributed by atoms with Crippen LogP contribution < -0.4 is 0 Å². The third-order valence-electron chi connectivity index (χ3n) is 4.00. The number of aromatic amines is 2. The van der Waals surface area contributed by atoms with Crippen molar-refractivity contribution in [1.82, 2.24) is 30.0 Å². The summed E-state index contributed by atoms with van der Waals surface area (Å²) in [5.74, 6) is 1.09. The summed E-state index contributed by atoms with van der Waals surface area (Å²) in [6.07, 6.45) is 0. The maximum Gasteiger partial charge on any atom is 0.255 e. The van der Waals surface area contributed by atoms with Gasteiger partial charge >= 0.3 is 0 Å². The Morgan fingerprint density at radius 1 is 0.962 bits per heavy atom. The molecule has 3 aromatic rings. The number of rotatable bonds is 2. The molecule has 0 aliphatic carbocycles. The molecule has 0 spiro atoms. The molecule has 9 heteroatoms. The highest BCUT2D eigenvalue weighted by Gasteiger charge is 2.27. The van der Waals surface area contributed by atoms with Crippen molar-refractivity contribution in [3.8, 4) is 0 Å². The van der Waals surface area contributed by atoms with E-state index >= 15 is 0 Å². The van der Waals surface area contributed by atoms with Crippen LogP contribution in [0.5, 0.6) is 0 Å². The van der Waals surface area contributed by atoms with Gasteiger partial charge in [-0.15, -0.1) is 10.2 Å². The molecule has 0 amide bonds. The number of aryl methyl sites for hydroxylation is 1. The van der Waals surface area contributed by atoms with Crippen LogP contribution in [0.1, 0.15) is 58.8 Å². The van der Waals surface area contributed by atoms with Crippen LogP contribution in [0.15, 0.2) is 10.2 Å². The van der Waals surface area contributed by atoms with E-state index in [2.05, 4.69) is 61.3 Å². The van der Waals surface area contributed by atoms with Crippen molar-refractivity contribution in [2.24, 2.45) is 10.2 Å². The molecule has 2 N–H and O–H groups in total. The van der Waals surface area contributed by atoms with E-state index < -0.39 is 0 Å². The van der Waals surface area contributed by atoms with Crippen molar-refractivity contribution >= 4 is 22.8 Å². The number of hydrogen-bond donors (Lipinski definition) is 2. The number of aromatic nitrogens is 6. The lowest BCUT2D eigenvalue weighted by Crippen LogP contribution is -2.12. The second-order valence-corrected chi connectivity index (χ2v) is 8.31. The molecule has 3 aromatic heterocycles. The van der Waals surface area contributed by atoms with Crippen LogP contribution in [0.4, 0.5) is 17.2 Å². The van der Waals surface area contributed by atoms with Gasteiger partial charge in [-0.2, -0.15) is 19.8 Å². The second kappa shape index (κ2) is 5.76. The molecule has 0 saturated heterocycles. The smallest absolute Gasteiger partial charge is 0.255 e. The average molecular weight is 353 g/mol. The van der Waals surface area contributed by atoms with E-state index in [4.69, 9.17) is 6.57 Å². The van der Waals surface area contributed by atoms with Crippen molar-refractivity contribution in [1.29, 1.82) is 0 Å². The normalized spacial score (nSPS) is 13.0. The highest BCUT2D eigenvalue weighted by Crippen LogP contribution is 2.39. The monoisotopic (exact) mass is 353 g/mol. The first-order valence-corrected chi connectivity index (χ1v) is 8.36. The van der Waals surface area contributed by atoms with Gasteiger partial charge in [-0.1, -0.05) is 41.5 Å². The van der Waals surface area contributed by atoms with E-state index in [9.17, 15) is 0 Å². The van der Waals surface area contributed by atoms with Crippen molar-refractivity contribution in [2.75, 3.05) is 0 Å². The molecule has 3 rings (SSSR count). The third kappa shape index (κ3) is 2.87. The van der Waals surface area contributed by atoms with Crippen LogP contribution in [0.25, 0.3) is 10.5 Å². The van der Waals surface area contributed by atoms with E-state index in [1.165, 1.54) is 0 Å². The molecule has 0 radical (unpaired) electrons. The molecule has 9 nitrogen and oxygen atoms in total. The zero-order valence-corrected chi connectivity index (χ0v) is 16.1. The molecular formula is C17H23N9. The minimum Gasteiger partial charge on any atom is -0.270 e. The van der Waals surface area contributed by atoms with E-state index in [1.807, 2.05) is 27.7 Å². The Morgan fingerprint density at radius 2 is 1.62 bits per heavy atom. The summed E-state index contributed by atoms with van der Waals surface area (Å²) in [6, 6.07) is 0. The Labute approximate surface area is 151 Å². The van der Waals surface area contributed by atoms with Crippen molar-refractivity contribution in [2.45, 2.75) is 59.3 Å². The van der Waals surface area contributed by atoms with E-state index in [1.54, 1.807) is 4.52 Å². The molecule has 0 fully saturated rings. The fraction of sp³-hybridized carbons (Fsp3) is 0.529. The van der Waals surface area contributed by atoms with Gasteiger partial charge in [-0.3, -0.25) is 10.2 Å². The van der Waals surface area contributed by atoms with E-state index in [-0.39, 0.29) is 10.8 Å². The number of hydrogen-bond acceptors (Lipinski definition) is 5. The standard InChI is InChI=1S/C17H23N9/c1-9-19-24-15-11(13(17(5,6)7)25-26(9)15)20-22-14-10(18-8)12(21-23-14)16(2,3)4/h24H,1-7H3,(H,21,23)/b22-20+. The van der Waals surface area contributed by atoms with Gasteiger partial charge in [0, 0.05) is 5.41 Å².